The molecule has 1 saturated heterocycles. The zero-order chi connectivity index (χ0) is 20.4. The van der Waals surface area contributed by atoms with E-state index in [-0.39, 0.29) is 31.2 Å². The molecule has 2 aliphatic rings. The molecule has 2 unspecified atom stereocenters. The highest BCUT2D eigenvalue weighted by Crippen LogP contribution is 2.25. The Bertz CT molecular complexity index is 903. The van der Waals surface area contributed by atoms with Gasteiger partial charge in [0.05, 0.1) is 6.54 Å². The Kier molecular flexibility index (Phi) is 5.47. The molecule has 2 aromatic rings. The Balaban J connectivity index is 1.41. The molecule has 0 saturated carbocycles. The van der Waals surface area contributed by atoms with Crippen LogP contribution < -0.4 is 5.32 Å². The first kappa shape index (κ1) is 19.4. The molecule has 2 aliphatic heterocycles. The second-order valence-corrected chi connectivity index (χ2v) is 7.56. The Hall–Kier alpha value is -2.96. The van der Waals surface area contributed by atoms with Crippen LogP contribution in [0.25, 0.3) is 0 Å². The summed E-state index contributed by atoms with van der Waals surface area (Å²) in [4.78, 5) is 28.7. The summed E-state index contributed by atoms with van der Waals surface area (Å²) < 4.78 is 27.1. The third kappa shape index (κ3) is 4.23. The quantitative estimate of drug-likeness (QED) is 0.863. The van der Waals surface area contributed by atoms with Gasteiger partial charge in [0.15, 0.2) is 0 Å². The van der Waals surface area contributed by atoms with E-state index in [9.17, 15) is 18.4 Å². The molecule has 0 aliphatic carbocycles. The summed E-state index contributed by atoms with van der Waals surface area (Å²) in [5.74, 6) is -0.565. The van der Waals surface area contributed by atoms with Crippen LogP contribution >= 0.6 is 0 Å². The third-order valence-corrected chi connectivity index (χ3v) is 5.60. The van der Waals surface area contributed by atoms with Crippen LogP contribution in [-0.4, -0.2) is 47.0 Å². The van der Waals surface area contributed by atoms with E-state index in [1.807, 2.05) is 18.2 Å². The van der Waals surface area contributed by atoms with Crippen molar-refractivity contribution in [1.29, 1.82) is 0 Å². The van der Waals surface area contributed by atoms with Gasteiger partial charge in [-0.3, -0.25) is 4.79 Å². The number of nitrogens with zero attached hydrogens (tertiary/aromatic N) is 2. The zero-order valence-electron chi connectivity index (χ0n) is 16.0. The summed E-state index contributed by atoms with van der Waals surface area (Å²) in [7, 11) is 0. The highest BCUT2D eigenvalue weighted by Gasteiger charge is 2.42. The smallest absolute Gasteiger partial charge is 0.318 e. The molecule has 2 aromatic carbocycles. The number of halogens is 2. The first-order valence-electron chi connectivity index (χ1n) is 9.80. The summed E-state index contributed by atoms with van der Waals surface area (Å²) in [6.07, 6.45) is -0.455. The average molecular weight is 399 g/mol. The van der Waals surface area contributed by atoms with Crippen LogP contribution in [0.4, 0.5) is 13.6 Å². The maximum atomic E-state index is 14.1. The van der Waals surface area contributed by atoms with Gasteiger partial charge >= 0.3 is 6.03 Å². The minimum Gasteiger partial charge on any atom is -0.336 e. The van der Waals surface area contributed by atoms with E-state index < -0.39 is 18.2 Å². The second-order valence-electron chi connectivity index (χ2n) is 7.56. The van der Waals surface area contributed by atoms with Crippen LogP contribution in [0.3, 0.4) is 0 Å². The maximum Gasteiger partial charge on any atom is 0.318 e. The molecule has 0 aromatic heterocycles. The lowest BCUT2D eigenvalue weighted by atomic mass is 9.99. The van der Waals surface area contributed by atoms with Gasteiger partial charge in [-0.1, -0.05) is 36.4 Å². The SMILES string of the molecule is O=C(C1CC(F)CN1C(=O)NCc1ccc(F)cc1)N1CCc2ccccc2C1. The Morgan fingerprint density at radius 3 is 2.55 bits per heavy atom. The maximum absolute atomic E-state index is 14.1. The predicted octanol–water partition coefficient (Wildman–Crippen LogP) is 3.03. The van der Waals surface area contributed by atoms with Crippen molar-refractivity contribution < 1.29 is 18.4 Å². The molecule has 0 bridgehead atoms. The number of likely N-dealkylation sites (tertiary alicyclic amines) is 1. The second kappa shape index (κ2) is 8.19. The minimum absolute atomic E-state index is 0.0148. The van der Waals surface area contributed by atoms with Crippen molar-refractivity contribution >= 4 is 11.9 Å². The molecule has 2 atom stereocenters. The van der Waals surface area contributed by atoms with Gasteiger partial charge in [0, 0.05) is 26.1 Å². The van der Waals surface area contributed by atoms with E-state index in [1.54, 1.807) is 17.0 Å². The van der Waals surface area contributed by atoms with Crippen molar-refractivity contribution in [3.05, 3.63) is 71.0 Å². The number of amides is 3. The summed E-state index contributed by atoms with van der Waals surface area (Å²) in [6, 6.07) is 12.5. The molecule has 2 heterocycles. The van der Waals surface area contributed by atoms with E-state index in [0.717, 1.165) is 17.5 Å². The van der Waals surface area contributed by atoms with Crippen molar-refractivity contribution in [1.82, 2.24) is 15.1 Å². The van der Waals surface area contributed by atoms with Gasteiger partial charge in [0.1, 0.15) is 18.0 Å². The van der Waals surface area contributed by atoms with E-state index in [1.165, 1.54) is 22.6 Å². The first-order chi connectivity index (χ1) is 14.0. The monoisotopic (exact) mass is 399 g/mol. The summed E-state index contributed by atoms with van der Waals surface area (Å²) in [5.41, 5.74) is 3.04. The number of hydrogen-bond donors (Lipinski definition) is 1. The number of hydrogen-bond acceptors (Lipinski definition) is 2. The molecule has 5 nitrogen and oxygen atoms in total. The Morgan fingerprint density at radius 1 is 1.07 bits per heavy atom. The molecule has 1 fully saturated rings. The fourth-order valence-electron chi connectivity index (χ4n) is 4.02. The third-order valence-electron chi connectivity index (χ3n) is 5.60. The number of urea groups is 1. The number of rotatable bonds is 3. The van der Waals surface area contributed by atoms with E-state index in [2.05, 4.69) is 11.4 Å². The van der Waals surface area contributed by atoms with Crippen LogP contribution in [0.5, 0.6) is 0 Å². The topological polar surface area (TPSA) is 52.7 Å². The lowest BCUT2D eigenvalue weighted by Gasteiger charge is -2.33. The molecule has 0 radical (unpaired) electrons. The summed E-state index contributed by atoms with van der Waals surface area (Å²) in [6.45, 7) is 1.13. The van der Waals surface area contributed by atoms with Crippen LogP contribution in [0, 0.1) is 5.82 Å². The zero-order valence-corrected chi connectivity index (χ0v) is 16.0. The lowest BCUT2D eigenvalue weighted by Crippen LogP contribution is -2.51. The fraction of sp³-hybridized carbons (Fsp3) is 0.364. The highest BCUT2D eigenvalue weighted by molar-refractivity contribution is 5.88. The van der Waals surface area contributed by atoms with E-state index >= 15 is 0 Å². The van der Waals surface area contributed by atoms with E-state index in [4.69, 9.17) is 0 Å². The van der Waals surface area contributed by atoms with E-state index in [0.29, 0.717) is 13.1 Å². The Labute approximate surface area is 168 Å². The highest BCUT2D eigenvalue weighted by atomic mass is 19.1. The number of carbonyl (C=O) groups is 2. The van der Waals surface area contributed by atoms with Gasteiger partial charge in [-0.2, -0.15) is 0 Å². The van der Waals surface area contributed by atoms with Crippen LogP contribution in [-0.2, 0) is 24.3 Å². The lowest BCUT2D eigenvalue weighted by molar-refractivity contribution is -0.136. The molecule has 4 rings (SSSR count). The molecule has 29 heavy (non-hydrogen) atoms. The molecule has 1 N–H and O–H groups in total. The van der Waals surface area contributed by atoms with Crippen molar-refractivity contribution in [3.8, 4) is 0 Å². The molecule has 3 amide bonds. The molecule has 7 heteroatoms. The molecule has 0 spiro atoms. The fourth-order valence-corrected chi connectivity index (χ4v) is 4.02. The van der Waals surface area contributed by atoms with Crippen molar-refractivity contribution in [2.45, 2.75) is 38.1 Å². The van der Waals surface area contributed by atoms with Gasteiger partial charge < -0.3 is 15.1 Å². The number of nitrogens with one attached hydrogen (secondary N) is 1. The number of benzene rings is 2. The van der Waals surface area contributed by atoms with Gasteiger partial charge in [0.2, 0.25) is 5.91 Å². The van der Waals surface area contributed by atoms with Gasteiger partial charge in [-0.05, 0) is 35.2 Å². The van der Waals surface area contributed by atoms with Crippen molar-refractivity contribution in [2.75, 3.05) is 13.1 Å². The van der Waals surface area contributed by atoms with Crippen LogP contribution in [0.2, 0.25) is 0 Å². The number of fused-ring (bicyclic) bond motifs is 1. The number of alkyl halides is 1. The van der Waals surface area contributed by atoms with Crippen molar-refractivity contribution in [2.24, 2.45) is 0 Å². The Morgan fingerprint density at radius 2 is 1.79 bits per heavy atom. The van der Waals surface area contributed by atoms with Gasteiger partial charge in [0.25, 0.3) is 0 Å². The molecule has 152 valence electrons. The average Bonchev–Trinajstić information content (AvgIpc) is 3.14. The molecular formula is C22H23F2N3O2. The minimum atomic E-state index is -1.22. The predicted molar refractivity (Wildman–Crippen MR) is 104 cm³/mol. The summed E-state index contributed by atoms with van der Waals surface area (Å²) >= 11 is 0. The van der Waals surface area contributed by atoms with Crippen LogP contribution in [0.15, 0.2) is 48.5 Å². The normalized spacial score (nSPS) is 21.0. The molecular weight excluding hydrogens is 376 g/mol. The first-order valence-corrected chi connectivity index (χ1v) is 9.80. The summed E-state index contributed by atoms with van der Waals surface area (Å²) in [5, 5.41) is 2.71. The van der Waals surface area contributed by atoms with Crippen molar-refractivity contribution in [3.63, 3.8) is 0 Å². The van der Waals surface area contributed by atoms with Gasteiger partial charge in [-0.25, -0.2) is 13.6 Å². The number of carbonyl (C=O) groups excluding carboxylic acids is 2. The standard InChI is InChI=1S/C22H23F2N3O2/c23-18-7-5-15(6-8-18)12-25-22(29)27-14-19(24)11-20(27)21(28)26-10-9-16-3-1-2-4-17(16)13-26/h1-8,19-20H,9-14H2,(H,25,29). The van der Waals surface area contributed by atoms with Crippen LogP contribution in [0.1, 0.15) is 23.1 Å². The largest absolute Gasteiger partial charge is 0.336 e. The van der Waals surface area contributed by atoms with Gasteiger partial charge in [-0.15, -0.1) is 0 Å².